The largest absolute Gasteiger partial charge is 0.447 e. The Hall–Kier alpha value is -3.07. The van der Waals surface area contributed by atoms with Gasteiger partial charge in [-0.1, -0.05) is 0 Å². The number of nitrogens with zero attached hydrogens (tertiary/aromatic N) is 1. The molecule has 0 radical (unpaired) electrons. The van der Waals surface area contributed by atoms with Crippen LogP contribution in [0.1, 0.15) is 10.4 Å². The molecule has 23 heavy (non-hydrogen) atoms. The van der Waals surface area contributed by atoms with Crippen molar-refractivity contribution in [2.75, 3.05) is 7.11 Å². The van der Waals surface area contributed by atoms with E-state index < -0.39 is 33.9 Å². The lowest BCUT2D eigenvalue weighted by atomic mass is 10.2. The Morgan fingerprint density at radius 2 is 1.91 bits per heavy atom. The third-order valence-electron chi connectivity index (χ3n) is 2.73. The van der Waals surface area contributed by atoms with Crippen molar-refractivity contribution < 1.29 is 28.1 Å². The second kappa shape index (κ2) is 6.79. The van der Waals surface area contributed by atoms with Crippen molar-refractivity contribution in [1.82, 2.24) is 5.48 Å². The topological polar surface area (TPSA) is 90.7 Å². The van der Waals surface area contributed by atoms with Crippen molar-refractivity contribution in [3.63, 3.8) is 0 Å². The molecular weight excluding hydrogens is 314 g/mol. The monoisotopic (exact) mass is 324 g/mol. The molecule has 0 unspecified atom stereocenters. The van der Waals surface area contributed by atoms with E-state index in [9.17, 15) is 23.7 Å². The van der Waals surface area contributed by atoms with Gasteiger partial charge in [0.1, 0.15) is 5.82 Å². The lowest BCUT2D eigenvalue weighted by Crippen LogP contribution is -2.21. The Kier molecular flexibility index (Phi) is 4.82. The van der Waals surface area contributed by atoms with E-state index >= 15 is 0 Å². The summed E-state index contributed by atoms with van der Waals surface area (Å²) in [6.07, 6.45) is 0. The zero-order chi connectivity index (χ0) is 17.0. The highest BCUT2D eigenvalue weighted by Gasteiger charge is 2.20. The van der Waals surface area contributed by atoms with Gasteiger partial charge < -0.3 is 4.74 Å². The van der Waals surface area contributed by atoms with Gasteiger partial charge in [-0.3, -0.25) is 19.7 Å². The van der Waals surface area contributed by atoms with Crippen LogP contribution in [0.5, 0.6) is 11.5 Å². The number of amides is 1. The summed E-state index contributed by atoms with van der Waals surface area (Å²) in [7, 11) is 1.22. The highest BCUT2D eigenvalue weighted by Crippen LogP contribution is 2.33. The van der Waals surface area contributed by atoms with Crippen LogP contribution in [0.25, 0.3) is 0 Å². The van der Waals surface area contributed by atoms with Crippen molar-refractivity contribution in [2.24, 2.45) is 0 Å². The number of carbonyl (C=O) groups excluding carboxylic acids is 1. The summed E-state index contributed by atoms with van der Waals surface area (Å²) < 4.78 is 31.6. The van der Waals surface area contributed by atoms with Crippen molar-refractivity contribution in [3.05, 3.63) is 63.7 Å². The minimum absolute atomic E-state index is 0.00466. The molecule has 1 N–H and O–H groups in total. The highest BCUT2D eigenvalue weighted by molar-refractivity contribution is 5.94. The summed E-state index contributed by atoms with van der Waals surface area (Å²) in [5, 5.41) is 11.0. The quantitative estimate of drug-likeness (QED) is 0.674. The maximum atomic E-state index is 13.6. The summed E-state index contributed by atoms with van der Waals surface area (Å²) in [5.41, 5.74) is 1.54. The normalized spacial score (nSPS) is 10.2. The van der Waals surface area contributed by atoms with E-state index in [4.69, 9.17) is 4.74 Å². The molecule has 1 amide bonds. The molecule has 0 saturated carbocycles. The number of rotatable bonds is 5. The molecular formula is C14H10F2N2O5. The van der Waals surface area contributed by atoms with E-state index in [0.29, 0.717) is 6.07 Å². The lowest BCUT2D eigenvalue weighted by Gasteiger charge is -2.09. The third kappa shape index (κ3) is 3.77. The molecule has 9 heteroatoms. The van der Waals surface area contributed by atoms with Crippen LogP contribution in [-0.2, 0) is 4.84 Å². The molecule has 120 valence electrons. The molecule has 2 aromatic carbocycles. The Labute approximate surface area is 128 Å². The molecule has 2 aromatic rings. The van der Waals surface area contributed by atoms with Crippen LogP contribution in [0.3, 0.4) is 0 Å². The molecule has 0 fully saturated rings. The molecule has 0 aromatic heterocycles. The van der Waals surface area contributed by atoms with Gasteiger partial charge in [-0.2, -0.15) is 0 Å². The lowest BCUT2D eigenvalue weighted by molar-refractivity contribution is -0.385. The molecule has 0 aliphatic rings. The fourth-order valence-corrected chi connectivity index (χ4v) is 1.72. The second-order valence-electron chi connectivity index (χ2n) is 4.25. The van der Waals surface area contributed by atoms with Gasteiger partial charge in [-0.05, 0) is 18.2 Å². The Balaban J connectivity index is 2.43. The molecule has 0 bridgehead atoms. The first kappa shape index (κ1) is 16.3. The van der Waals surface area contributed by atoms with Gasteiger partial charge >= 0.3 is 5.69 Å². The second-order valence-corrected chi connectivity index (χ2v) is 4.25. The predicted octanol–water partition coefficient (Wildman–Crippen LogP) is 2.96. The van der Waals surface area contributed by atoms with E-state index in [1.807, 2.05) is 5.48 Å². The summed E-state index contributed by atoms with van der Waals surface area (Å²) in [6, 6.07) is 5.75. The van der Waals surface area contributed by atoms with Gasteiger partial charge in [0.05, 0.1) is 12.0 Å². The average molecular weight is 324 g/mol. The van der Waals surface area contributed by atoms with E-state index in [1.54, 1.807) is 0 Å². The predicted molar refractivity (Wildman–Crippen MR) is 74.0 cm³/mol. The summed E-state index contributed by atoms with van der Waals surface area (Å²) in [5.74, 6) is -3.32. The van der Waals surface area contributed by atoms with Crippen molar-refractivity contribution in [2.45, 2.75) is 0 Å². The highest BCUT2D eigenvalue weighted by atomic mass is 19.1. The molecule has 0 aliphatic carbocycles. The van der Waals surface area contributed by atoms with E-state index in [1.165, 1.54) is 13.2 Å². The number of ether oxygens (including phenoxy) is 1. The number of nitro benzene ring substituents is 1. The van der Waals surface area contributed by atoms with E-state index in [-0.39, 0.29) is 11.3 Å². The van der Waals surface area contributed by atoms with Crippen LogP contribution in [0.4, 0.5) is 14.5 Å². The first-order chi connectivity index (χ1) is 10.9. The number of benzene rings is 2. The van der Waals surface area contributed by atoms with E-state index in [0.717, 1.165) is 24.3 Å². The summed E-state index contributed by atoms with van der Waals surface area (Å²) in [6.45, 7) is 0. The van der Waals surface area contributed by atoms with Crippen LogP contribution >= 0.6 is 0 Å². The fraction of sp³-hybridized carbons (Fsp3) is 0.0714. The molecule has 0 saturated heterocycles. The molecule has 7 nitrogen and oxygen atoms in total. The molecule has 2 rings (SSSR count). The zero-order valence-electron chi connectivity index (χ0n) is 11.7. The number of hydrogen-bond acceptors (Lipinski definition) is 5. The van der Waals surface area contributed by atoms with Crippen molar-refractivity contribution >= 4 is 11.6 Å². The van der Waals surface area contributed by atoms with Crippen molar-refractivity contribution in [3.8, 4) is 11.5 Å². The standard InChI is InChI=1S/C14H10F2N2O5/c1-22-17-14(19)8-2-4-11(18(20)21)13(6-8)23-12-5-3-9(15)7-10(12)16/h2-7H,1H3,(H,17,19). The first-order valence-electron chi connectivity index (χ1n) is 6.17. The van der Waals surface area contributed by atoms with E-state index in [2.05, 4.69) is 4.84 Å². The van der Waals surface area contributed by atoms with Gasteiger partial charge in [0, 0.05) is 23.8 Å². The smallest absolute Gasteiger partial charge is 0.311 e. The minimum atomic E-state index is -1.04. The van der Waals surface area contributed by atoms with Gasteiger partial charge in [0.25, 0.3) is 5.91 Å². The number of halogens is 2. The Bertz CT molecular complexity index is 767. The Morgan fingerprint density at radius 3 is 2.52 bits per heavy atom. The number of hydrogen-bond donors (Lipinski definition) is 1. The number of nitrogens with one attached hydrogen (secondary N) is 1. The zero-order valence-corrected chi connectivity index (χ0v) is 11.7. The fourth-order valence-electron chi connectivity index (χ4n) is 1.72. The maximum Gasteiger partial charge on any atom is 0.311 e. The number of hydroxylamine groups is 1. The van der Waals surface area contributed by atoms with Gasteiger partial charge in [0.15, 0.2) is 11.6 Å². The van der Waals surface area contributed by atoms with Crippen molar-refractivity contribution in [1.29, 1.82) is 0 Å². The number of carbonyl (C=O) groups is 1. The summed E-state index contributed by atoms with van der Waals surface area (Å²) in [4.78, 5) is 26.4. The van der Waals surface area contributed by atoms with Crippen LogP contribution in [0.15, 0.2) is 36.4 Å². The minimum Gasteiger partial charge on any atom is -0.447 e. The van der Waals surface area contributed by atoms with Gasteiger partial charge in [-0.25, -0.2) is 14.3 Å². The molecule has 0 atom stereocenters. The van der Waals surface area contributed by atoms with Crippen LogP contribution < -0.4 is 10.2 Å². The molecule has 0 aliphatic heterocycles. The van der Waals surface area contributed by atoms with Crippen LogP contribution in [0, 0.1) is 21.7 Å². The Morgan fingerprint density at radius 1 is 1.17 bits per heavy atom. The number of nitro groups is 1. The summed E-state index contributed by atoms with van der Waals surface area (Å²) >= 11 is 0. The van der Waals surface area contributed by atoms with Gasteiger partial charge in [-0.15, -0.1) is 0 Å². The average Bonchev–Trinajstić information content (AvgIpc) is 2.50. The van der Waals surface area contributed by atoms with Crippen LogP contribution in [0.2, 0.25) is 0 Å². The van der Waals surface area contributed by atoms with Crippen LogP contribution in [-0.4, -0.2) is 17.9 Å². The van der Waals surface area contributed by atoms with Gasteiger partial charge in [0.2, 0.25) is 5.75 Å². The maximum absolute atomic E-state index is 13.6. The molecule has 0 spiro atoms. The molecule has 0 heterocycles. The first-order valence-corrected chi connectivity index (χ1v) is 6.17. The third-order valence-corrected chi connectivity index (χ3v) is 2.73. The SMILES string of the molecule is CONC(=O)c1ccc([N+](=O)[O-])c(Oc2ccc(F)cc2F)c1.